The minimum absolute atomic E-state index is 0.523. The Morgan fingerprint density at radius 2 is 2.12 bits per heavy atom. The van der Waals surface area contributed by atoms with Gasteiger partial charge in [-0.2, -0.15) is 0 Å². The molecule has 0 aliphatic heterocycles. The van der Waals surface area contributed by atoms with Crippen LogP contribution in [0.1, 0.15) is 0 Å². The summed E-state index contributed by atoms with van der Waals surface area (Å²) in [6.07, 6.45) is 3.59. The highest BCUT2D eigenvalue weighted by atomic mass is 16.5. The lowest BCUT2D eigenvalue weighted by Crippen LogP contribution is -2.07. The summed E-state index contributed by atoms with van der Waals surface area (Å²) in [5.41, 5.74) is 1.68. The van der Waals surface area contributed by atoms with Crippen molar-refractivity contribution in [3.63, 3.8) is 0 Å². The summed E-state index contributed by atoms with van der Waals surface area (Å²) in [5, 5.41) is 0. The Bertz CT molecular complexity index is 503. The lowest BCUT2D eigenvalue weighted by molar-refractivity contribution is 0.187. The molecule has 2 aromatic rings. The maximum Gasteiger partial charge on any atom is 0.424 e. The first-order valence-corrected chi connectivity index (χ1v) is 4.72. The Morgan fingerprint density at radius 3 is 2.81 bits per heavy atom. The second-order valence-electron chi connectivity index (χ2n) is 3.08. The molecule has 0 bridgehead atoms. The first kappa shape index (κ1) is 10.2. The molecule has 0 atom stereocenters. The zero-order chi connectivity index (χ0) is 11.4. The van der Waals surface area contributed by atoms with Crippen molar-refractivity contribution in [1.29, 1.82) is 0 Å². The lowest BCUT2D eigenvalue weighted by atomic mass is 10.2. The van der Waals surface area contributed by atoms with Gasteiger partial charge in [-0.1, -0.05) is 36.9 Å². The van der Waals surface area contributed by atoms with Crippen molar-refractivity contribution >= 4 is 6.09 Å². The third kappa shape index (κ3) is 2.00. The first-order chi connectivity index (χ1) is 7.81. The Balaban J connectivity index is 2.26. The molecule has 0 unspecified atom stereocenters. The number of hydrogen-bond acceptors (Lipinski definition) is 3. The molecule has 0 saturated heterocycles. The minimum Gasteiger partial charge on any atom is -0.418 e. The van der Waals surface area contributed by atoms with E-state index in [0.29, 0.717) is 0 Å². The van der Waals surface area contributed by atoms with E-state index in [9.17, 15) is 4.79 Å². The van der Waals surface area contributed by atoms with Gasteiger partial charge in [0, 0.05) is 11.8 Å². The summed E-state index contributed by atoms with van der Waals surface area (Å²) in [5.74, 6) is 0. The van der Waals surface area contributed by atoms with E-state index >= 15 is 0 Å². The average molecular weight is 214 g/mol. The Labute approximate surface area is 92.8 Å². The number of hydrogen-bond donors (Lipinski definition) is 0. The molecule has 1 heterocycles. The van der Waals surface area contributed by atoms with E-state index in [1.807, 2.05) is 30.3 Å². The molecule has 0 spiro atoms. The van der Waals surface area contributed by atoms with E-state index in [4.69, 9.17) is 0 Å². The molecule has 4 heteroatoms. The molecule has 0 aliphatic rings. The first-order valence-electron chi connectivity index (χ1n) is 4.72. The van der Waals surface area contributed by atoms with Crippen molar-refractivity contribution in [2.45, 2.75) is 0 Å². The van der Waals surface area contributed by atoms with Crippen LogP contribution in [-0.4, -0.2) is 15.6 Å². The van der Waals surface area contributed by atoms with Gasteiger partial charge in [0.15, 0.2) is 0 Å². The van der Waals surface area contributed by atoms with Crippen LogP contribution >= 0.6 is 0 Å². The monoisotopic (exact) mass is 214 g/mol. The highest BCUT2D eigenvalue weighted by Gasteiger charge is 2.07. The number of carbonyl (C=O) groups excluding carboxylic acids is 1. The van der Waals surface area contributed by atoms with E-state index in [1.165, 1.54) is 10.9 Å². The molecule has 0 aliphatic carbocycles. The van der Waals surface area contributed by atoms with E-state index in [0.717, 1.165) is 17.5 Å². The molecule has 0 amide bonds. The van der Waals surface area contributed by atoms with Crippen LogP contribution in [0.15, 0.2) is 55.7 Å². The van der Waals surface area contributed by atoms with Crippen LogP contribution in [0.5, 0.6) is 0 Å². The summed E-state index contributed by atoms with van der Waals surface area (Å²) in [7, 11) is 0. The molecule has 80 valence electrons. The molecule has 1 aromatic carbocycles. The Morgan fingerprint density at radius 1 is 1.38 bits per heavy atom. The smallest absolute Gasteiger partial charge is 0.418 e. The standard InChI is InChI=1S/C12H10N2O2/c1-2-16-12(15)14-8-11(13-9-14)10-6-4-3-5-7-10/h2-9H,1H2. The summed E-state index contributed by atoms with van der Waals surface area (Å²) in [6.45, 7) is 3.31. The number of rotatable bonds is 2. The van der Waals surface area contributed by atoms with Crippen molar-refractivity contribution in [1.82, 2.24) is 9.55 Å². The van der Waals surface area contributed by atoms with Crippen LogP contribution in [-0.2, 0) is 4.74 Å². The fourth-order valence-electron chi connectivity index (χ4n) is 1.31. The third-order valence-electron chi connectivity index (χ3n) is 2.05. The quantitative estimate of drug-likeness (QED) is 0.722. The minimum atomic E-state index is -0.523. The number of carbonyl (C=O) groups is 1. The van der Waals surface area contributed by atoms with Crippen LogP contribution in [0.3, 0.4) is 0 Å². The molecular formula is C12H10N2O2. The molecule has 1 aromatic heterocycles. The fraction of sp³-hybridized carbons (Fsp3) is 0. The number of ether oxygens (including phenoxy) is 1. The molecule has 4 nitrogen and oxygen atoms in total. The van der Waals surface area contributed by atoms with Crippen molar-refractivity contribution in [2.24, 2.45) is 0 Å². The Hall–Kier alpha value is -2.36. The Kier molecular flexibility index (Phi) is 2.82. The van der Waals surface area contributed by atoms with Crippen LogP contribution in [0, 0.1) is 0 Å². The highest BCUT2D eigenvalue weighted by molar-refractivity contribution is 5.72. The second kappa shape index (κ2) is 4.44. The maximum absolute atomic E-state index is 11.3. The number of nitrogens with zero attached hydrogens (tertiary/aromatic N) is 2. The van der Waals surface area contributed by atoms with Crippen LogP contribution < -0.4 is 0 Å². The van der Waals surface area contributed by atoms with Gasteiger partial charge in [-0.15, -0.1) is 0 Å². The summed E-state index contributed by atoms with van der Waals surface area (Å²) >= 11 is 0. The topological polar surface area (TPSA) is 44.1 Å². The van der Waals surface area contributed by atoms with Gasteiger partial charge in [0.2, 0.25) is 0 Å². The number of benzene rings is 1. The summed E-state index contributed by atoms with van der Waals surface area (Å²) in [4.78, 5) is 15.4. The van der Waals surface area contributed by atoms with Gasteiger partial charge < -0.3 is 4.74 Å². The van der Waals surface area contributed by atoms with Gasteiger partial charge in [-0.25, -0.2) is 14.3 Å². The third-order valence-corrected chi connectivity index (χ3v) is 2.05. The normalized spacial score (nSPS) is 9.75. The van der Waals surface area contributed by atoms with E-state index < -0.39 is 6.09 Å². The van der Waals surface area contributed by atoms with Gasteiger partial charge in [0.1, 0.15) is 6.33 Å². The molecule has 0 N–H and O–H groups in total. The van der Waals surface area contributed by atoms with Gasteiger partial charge in [-0.05, 0) is 0 Å². The van der Waals surface area contributed by atoms with Crippen LogP contribution in [0.2, 0.25) is 0 Å². The SMILES string of the molecule is C=COC(=O)n1cnc(-c2ccccc2)c1. The van der Waals surface area contributed by atoms with Crippen LogP contribution in [0.25, 0.3) is 11.3 Å². The number of imidazole rings is 1. The zero-order valence-electron chi connectivity index (χ0n) is 8.54. The van der Waals surface area contributed by atoms with Gasteiger partial charge >= 0.3 is 6.09 Å². The van der Waals surface area contributed by atoms with E-state index in [1.54, 1.807) is 6.20 Å². The predicted octanol–water partition coefficient (Wildman–Crippen LogP) is 2.68. The van der Waals surface area contributed by atoms with E-state index in [2.05, 4.69) is 16.3 Å². The van der Waals surface area contributed by atoms with Crippen molar-refractivity contribution in [2.75, 3.05) is 0 Å². The molecule has 16 heavy (non-hydrogen) atoms. The second-order valence-corrected chi connectivity index (χ2v) is 3.08. The van der Waals surface area contributed by atoms with Crippen LogP contribution in [0.4, 0.5) is 4.79 Å². The lowest BCUT2D eigenvalue weighted by Gasteiger charge is -1.97. The predicted molar refractivity (Wildman–Crippen MR) is 59.7 cm³/mol. The fourth-order valence-corrected chi connectivity index (χ4v) is 1.31. The van der Waals surface area contributed by atoms with Crippen molar-refractivity contribution in [3.8, 4) is 11.3 Å². The van der Waals surface area contributed by atoms with Gasteiger partial charge in [0.05, 0.1) is 12.0 Å². The number of aromatic nitrogens is 2. The molecule has 0 fully saturated rings. The highest BCUT2D eigenvalue weighted by Crippen LogP contribution is 2.15. The van der Waals surface area contributed by atoms with Crippen molar-refractivity contribution in [3.05, 3.63) is 55.7 Å². The average Bonchev–Trinajstić information content (AvgIpc) is 2.80. The summed E-state index contributed by atoms with van der Waals surface area (Å²) in [6, 6.07) is 9.59. The van der Waals surface area contributed by atoms with Gasteiger partial charge in [0.25, 0.3) is 0 Å². The molecular weight excluding hydrogens is 204 g/mol. The van der Waals surface area contributed by atoms with Crippen molar-refractivity contribution < 1.29 is 9.53 Å². The molecule has 2 rings (SSSR count). The largest absolute Gasteiger partial charge is 0.424 e. The zero-order valence-corrected chi connectivity index (χ0v) is 8.54. The molecule has 0 saturated carbocycles. The van der Waals surface area contributed by atoms with E-state index in [-0.39, 0.29) is 0 Å². The summed E-state index contributed by atoms with van der Waals surface area (Å²) < 4.78 is 5.89. The maximum atomic E-state index is 11.3. The van der Waals surface area contributed by atoms with Gasteiger partial charge in [-0.3, -0.25) is 0 Å². The molecule has 0 radical (unpaired) electrons.